The highest BCUT2D eigenvalue weighted by Gasteiger charge is 2.52. The van der Waals surface area contributed by atoms with Crippen molar-refractivity contribution in [1.29, 1.82) is 0 Å². The van der Waals surface area contributed by atoms with Crippen molar-refractivity contribution in [2.45, 2.75) is 81.3 Å². The molecule has 0 aromatic heterocycles. The van der Waals surface area contributed by atoms with E-state index in [0.29, 0.717) is 19.4 Å². The Kier molecular flexibility index (Phi) is 7.90. The molecular weight excluding hydrogens is 431 g/mol. The third-order valence-corrected chi connectivity index (χ3v) is 6.57. The van der Waals surface area contributed by atoms with Crippen LogP contribution in [0.25, 0.3) is 0 Å². The zero-order valence-corrected chi connectivity index (χ0v) is 18.2. The minimum atomic E-state index is -4.66. The normalized spacial score (nSPS) is 32.7. The Hall–Kier alpha value is -1.33. The van der Waals surface area contributed by atoms with E-state index in [4.69, 9.17) is 14.5 Å². The van der Waals surface area contributed by atoms with Crippen LogP contribution in [0.2, 0.25) is 0 Å². The highest BCUT2D eigenvalue weighted by Crippen LogP contribution is 2.37. The fourth-order valence-electron chi connectivity index (χ4n) is 4.36. The van der Waals surface area contributed by atoms with Gasteiger partial charge in [-0.15, -0.1) is 0 Å². The van der Waals surface area contributed by atoms with Crippen molar-refractivity contribution < 1.29 is 43.4 Å². The quantitative estimate of drug-likeness (QED) is 0.152. The van der Waals surface area contributed by atoms with Crippen molar-refractivity contribution in [2.24, 2.45) is 0 Å². The van der Waals surface area contributed by atoms with Crippen LogP contribution in [-0.2, 0) is 23.4 Å². The van der Waals surface area contributed by atoms with Crippen LogP contribution in [0.1, 0.15) is 51.4 Å². The molecule has 0 saturated carbocycles. The highest BCUT2D eigenvalue weighted by atomic mass is 31.2. The number of β-lactam (4-membered cyclic amide) rings is 1. The van der Waals surface area contributed by atoms with Crippen molar-refractivity contribution in [3.05, 3.63) is 12.3 Å². The fourth-order valence-corrected chi connectivity index (χ4v) is 4.70. The van der Waals surface area contributed by atoms with E-state index in [1.165, 1.54) is 12.3 Å². The van der Waals surface area contributed by atoms with Crippen molar-refractivity contribution in [3.63, 3.8) is 0 Å². The van der Waals surface area contributed by atoms with Crippen LogP contribution in [0.4, 0.5) is 0 Å². The SMILES string of the molecule is O=C1C=CN2CC(CCCCCCCCC3OC(COP(=O)(O)O)C(O)C3O)(N1)C2=O. The van der Waals surface area contributed by atoms with Gasteiger partial charge in [0.05, 0.1) is 19.3 Å². The average molecular weight is 462 g/mol. The molecule has 176 valence electrons. The number of phosphoric ester groups is 1. The molecule has 12 heteroatoms. The van der Waals surface area contributed by atoms with Gasteiger partial charge < -0.3 is 35.0 Å². The Morgan fingerprint density at radius 2 is 1.74 bits per heavy atom. The molecule has 31 heavy (non-hydrogen) atoms. The summed E-state index contributed by atoms with van der Waals surface area (Å²) in [7, 11) is -4.66. The fraction of sp³-hybridized carbons (Fsp3) is 0.789. The Morgan fingerprint density at radius 1 is 1.10 bits per heavy atom. The number of phosphoric acid groups is 1. The van der Waals surface area contributed by atoms with E-state index in [0.717, 1.165) is 38.5 Å². The zero-order chi connectivity index (χ0) is 22.6. The monoisotopic (exact) mass is 462 g/mol. The van der Waals surface area contributed by atoms with Gasteiger partial charge in [0.2, 0.25) is 5.91 Å². The maximum absolute atomic E-state index is 12.2. The Balaban J connectivity index is 1.25. The lowest BCUT2D eigenvalue weighted by Crippen LogP contribution is -2.71. The Bertz CT molecular complexity index is 742. The lowest BCUT2D eigenvalue weighted by atomic mass is 9.83. The lowest BCUT2D eigenvalue weighted by molar-refractivity contribution is -0.150. The molecular formula is C19H31N2O9P. The smallest absolute Gasteiger partial charge is 0.388 e. The van der Waals surface area contributed by atoms with Crippen LogP contribution in [0.5, 0.6) is 0 Å². The molecule has 4 rings (SSSR count). The van der Waals surface area contributed by atoms with Gasteiger partial charge in [-0.1, -0.05) is 38.5 Å². The third-order valence-electron chi connectivity index (χ3n) is 6.09. The molecule has 2 amide bonds. The van der Waals surface area contributed by atoms with E-state index in [9.17, 15) is 24.4 Å². The molecule has 4 aliphatic heterocycles. The predicted molar refractivity (Wildman–Crippen MR) is 107 cm³/mol. The number of aliphatic hydroxyl groups is 2. The molecule has 2 saturated heterocycles. The second-order valence-electron chi connectivity index (χ2n) is 8.46. The summed E-state index contributed by atoms with van der Waals surface area (Å²) in [6.45, 7) is 0.0428. The van der Waals surface area contributed by atoms with Crippen LogP contribution in [-0.4, -0.2) is 79.8 Å². The van der Waals surface area contributed by atoms with Gasteiger partial charge in [-0.05, 0) is 12.8 Å². The molecule has 0 aromatic rings. The van der Waals surface area contributed by atoms with Crippen molar-refractivity contribution >= 4 is 19.6 Å². The number of fused-ring (bicyclic) bond motifs is 2. The number of rotatable bonds is 12. The third kappa shape index (κ3) is 6.13. The molecule has 11 nitrogen and oxygen atoms in total. The molecule has 0 radical (unpaired) electrons. The number of carbonyl (C=O) groups excluding carboxylic acids is 2. The summed E-state index contributed by atoms with van der Waals surface area (Å²) >= 11 is 0. The van der Waals surface area contributed by atoms with Gasteiger partial charge in [0.15, 0.2) is 0 Å². The molecule has 2 fully saturated rings. The van der Waals surface area contributed by atoms with Gasteiger partial charge in [0.1, 0.15) is 23.9 Å². The van der Waals surface area contributed by atoms with Gasteiger partial charge in [0.25, 0.3) is 5.91 Å². The number of carbonyl (C=O) groups is 2. The first-order valence-electron chi connectivity index (χ1n) is 10.6. The molecule has 0 aliphatic carbocycles. The second kappa shape index (κ2) is 10.1. The predicted octanol–water partition coefficient (Wildman–Crippen LogP) is -0.0698. The molecule has 4 aliphatic rings. The number of aliphatic hydroxyl groups excluding tert-OH is 2. The van der Waals surface area contributed by atoms with Crippen LogP contribution in [0.3, 0.4) is 0 Å². The molecule has 5 N–H and O–H groups in total. The van der Waals surface area contributed by atoms with Crippen molar-refractivity contribution in [2.75, 3.05) is 13.2 Å². The topological polar surface area (TPSA) is 166 Å². The number of amides is 2. The molecule has 5 atom stereocenters. The minimum absolute atomic E-state index is 0.0450. The summed E-state index contributed by atoms with van der Waals surface area (Å²) in [5, 5.41) is 22.8. The van der Waals surface area contributed by atoms with Crippen molar-refractivity contribution in [3.8, 4) is 0 Å². The first kappa shape index (κ1) is 24.3. The molecule has 2 bridgehead atoms. The summed E-state index contributed by atoms with van der Waals surface area (Å²) in [5.41, 5.74) is -0.739. The van der Waals surface area contributed by atoms with Gasteiger partial charge in [-0.25, -0.2) is 4.57 Å². The summed E-state index contributed by atoms with van der Waals surface area (Å²) in [5.74, 6) is -0.276. The van der Waals surface area contributed by atoms with E-state index in [-0.39, 0.29) is 11.8 Å². The molecule has 5 unspecified atom stereocenters. The van der Waals surface area contributed by atoms with Gasteiger partial charge >= 0.3 is 7.82 Å². The van der Waals surface area contributed by atoms with Crippen LogP contribution < -0.4 is 5.32 Å². The maximum Gasteiger partial charge on any atom is 0.469 e. The second-order valence-corrected chi connectivity index (χ2v) is 9.70. The van der Waals surface area contributed by atoms with E-state index >= 15 is 0 Å². The number of ether oxygens (including phenoxy) is 1. The molecule has 4 heterocycles. The van der Waals surface area contributed by atoms with E-state index in [2.05, 4.69) is 9.84 Å². The molecule has 0 spiro atoms. The summed E-state index contributed by atoms with van der Waals surface area (Å²) < 4.78 is 20.6. The summed E-state index contributed by atoms with van der Waals surface area (Å²) in [6.07, 6.45) is 5.55. The van der Waals surface area contributed by atoms with Crippen LogP contribution in [0.15, 0.2) is 12.3 Å². The van der Waals surface area contributed by atoms with Gasteiger partial charge in [0, 0.05) is 12.3 Å². The van der Waals surface area contributed by atoms with Gasteiger partial charge in [-0.2, -0.15) is 0 Å². The number of nitrogens with one attached hydrogen (secondary N) is 1. The zero-order valence-electron chi connectivity index (χ0n) is 17.3. The summed E-state index contributed by atoms with van der Waals surface area (Å²) in [4.78, 5) is 42.9. The van der Waals surface area contributed by atoms with Crippen molar-refractivity contribution in [1.82, 2.24) is 10.2 Å². The first-order chi connectivity index (χ1) is 14.6. The maximum atomic E-state index is 12.2. The Labute approximate surface area is 180 Å². The number of nitrogens with zero attached hydrogens (tertiary/aromatic N) is 1. The molecule has 0 aromatic carbocycles. The number of unbranched alkanes of at least 4 members (excludes halogenated alkanes) is 5. The van der Waals surface area contributed by atoms with E-state index < -0.39 is 44.4 Å². The summed E-state index contributed by atoms with van der Waals surface area (Å²) in [6, 6.07) is 0. The highest BCUT2D eigenvalue weighted by molar-refractivity contribution is 7.46. The van der Waals surface area contributed by atoms with Crippen LogP contribution >= 0.6 is 7.82 Å². The van der Waals surface area contributed by atoms with Gasteiger partial charge in [-0.3, -0.25) is 14.1 Å². The van der Waals surface area contributed by atoms with E-state index in [1.807, 2.05) is 0 Å². The van der Waals surface area contributed by atoms with Crippen LogP contribution in [0, 0.1) is 0 Å². The largest absolute Gasteiger partial charge is 0.469 e. The Morgan fingerprint density at radius 3 is 2.42 bits per heavy atom. The van der Waals surface area contributed by atoms with E-state index in [1.54, 1.807) is 4.90 Å². The number of hydrogen-bond acceptors (Lipinski definition) is 7. The minimum Gasteiger partial charge on any atom is -0.388 e. The number of hydrogen-bond donors (Lipinski definition) is 5. The lowest BCUT2D eigenvalue weighted by Gasteiger charge is -2.45. The average Bonchev–Trinajstić information content (AvgIpc) is 2.83. The first-order valence-corrected chi connectivity index (χ1v) is 12.2. The standard InChI is InChI=1S/C19H31N2O9P/c22-15-8-10-21-12-19(20-15,18(21)25)9-6-4-2-1-3-5-7-13-16(23)17(24)14(30-13)11-29-31(26,27)28/h8,10,13-14,16-17,23-24H,1-7,9,11-12H2,(H,20,22)(H2,26,27,28).